The second-order valence-corrected chi connectivity index (χ2v) is 5.78. The van der Waals surface area contributed by atoms with E-state index in [9.17, 15) is 0 Å². The van der Waals surface area contributed by atoms with Gasteiger partial charge in [-0.05, 0) is 37.0 Å². The van der Waals surface area contributed by atoms with Crippen LogP contribution in [0.4, 0.5) is 0 Å². The van der Waals surface area contributed by atoms with E-state index in [1.54, 1.807) is 0 Å². The first-order valence-electron chi connectivity index (χ1n) is 6.24. The zero-order chi connectivity index (χ0) is 10.3. The van der Waals surface area contributed by atoms with E-state index in [4.69, 9.17) is 16.3 Å². The first-order chi connectivity index (χ1) is 7.36. The minimum absolute atomic E-state index is 0.470. The van der Waals surface area contributed by atoms with Gasteiger partial charge in [-0.1, -0.05) is 0 Å². The molecule has 0 aromatic heterocycles. The summed E-state index contributed by atoms with van der Waals surface area (Å²) in [6, 6.07) is 0.470. The Bertz CT molecular complexity index is 226. The van der Waals surface area contributed by atoms with Crippen LogP contribution >= 0.6 is 11.6 Å². The van der Waals surface area contributed by atoms with E-state index in [-0.39, 0.29) is 0 Å². The fourth-order valence-electron chi connectivity index (χ4n) is 3.39. The number of halogens is 1. The van der Waals surface area contributed by atoms with Crippen LogP contribution in [0.5, 0.6) is 0 Å². The average molecular weight is 230 g/mol. The molecule has 15 heavy (non-hydrogen) atoms. The Morgan fingerprint density at radius 1 is 1.20 bits per heavy atom. The number of hydrogen-bond acceptors (Lipinski definition) is 2. The number of fused-ring (bicyclic) bond motifs is 1. The molecule has 0 amide bonds. The van der Waals surface area contributed by atoms with Gasteiger partial charge in [-0.3, -0.25) is 4.90 Å². The van der Waals surface area contributed by atoms with Gasteiger partial charge in [0.05, 0.1) is 13.2 Å². The van der Waals surface area contributed by atoms with Gasteiger partial charge in [-0.2, -0.15) is 0 Å². The minimum Gasteiger partial charge on any atom is -0.378 e. The summed E-state index contributed by atoms with van der Waals surface area (Å²) < 4.78 is 5.47. The van der Waals surface area contributed by atoms with Crippen LogP contribution in [-0.2, 0) is 4.74 Å². The summed E-state index contributed by atoms with van der Waals surface area (Å²) in [7, 11) is 0. The summed E-state index contributed by atoms with van der Waals surface area (Å²) in [5.41, 5.74) is 0. The monoisotopic (exact) mass is 229 g/mol. The predicted octanol–water partition coefficient (Wildman–Crippen LogP) is 1.97. The Morgan fingerprint density at radius 2 is 2.00 bits per heavy atom. The van der Waals surface area contributed by atoms with Crippen LogP contribution < -0.4 is 0 Å². The average Bonchev–Trinajstić information content (AvgIpc) is 2.87. The van der Waals surface area contributed by atoms with E-state index in [1.165, 1.54) is 25.8 Å². The maximum absolute atomic E-state index is 5.98. The molecular formula is C12H20ClNO. The van der Waals surface area contributed by atoms with Gasteiger partial charge in [-0.15, -0.1) is 11.6 Å². The van der Waals surface area contributed by atoms with E-state index in [1.807, 2.05) is 0 Å². The molecule has 2 saturated carbocycles. The second-order valence-electron chi connectivity index (χ2n) is 5.47. The van der Waals surface area contributed by atoms with Crippen molar-refractivity contribution in [1.82, 2.24) is 4.90 Å². The molecule has 0 aromatic rings. The van der Waals surface area contributed by atoms with Gasteiger partial charge in [0, 0.05) is 25.0 Å². The fourth-order valence-corrected chi connectivity index (χ4v) is 3.68. The minimum atomic E-state index is 0.470. The highest BCUT2D eigenvalue weighted by Gasteiger charge is 2.46. The van der Waals surface area contributed by atoms with Crippen LogP contribution in [0.15, 0.2) is 0 Å². The largest absolute Gasteiger partial charge is 0.378 e. The zero-order valence-electron chi connectivity index (χ0n) is 9.20. The maximum atomic E-state index is 5.98. The van der Waals surface area contributed by atoms with Gasteiger partial charge in [0.25, 0.3) is 0 Å². The van der Waals surface area contributed by atoms with Crippen LogP contribution in [0.2, 0.25) is 0 Å². The lowest BCUT2D eigenvalue weighted by molar-refractivity contribution is -0.00624. The van der Waals surface area contributed by atoms with Gasteiger partial charge >= 0.3 is 0 Å². The molecule has 3 atom stereocenters. The van der Waals surface area contributed by atoms with Crippen molar-refractivity contribution in [2.75, 3.05) is 32.2 Å². The number of alkyl halides is 1. The molecule has 3 aliphatic rings. The summed E-state index contributed by atoms with van der Waals surface area (Å²) in [6.45, 7) is 4.09. The van der Waals surface area contributed by atoms with Crippen molar-refractivity contribution in [1.29, 1.82) is 0 Å². The van der Waals surface area contributed by atoms with E-state index in [0.717, 1.165) is 43.4 Å². The van der Waals surface area contributed by atoms with Gasteiger partial charge in [-0.25, -0.2) is 0 Å². The molecule has 2 aliphatic carbocycles. The Kier molecular flexibility index (Phi) is 2.92. The Balaban J connectivity index is 1.51. The number of hydrogen-bond donors (Lipinski definition) is 0. The van der Waals surface area contributed by atoms with Crippen molar-refractivity contribution < 1.29 is 4.74 Å². The molecule has 1 saturated heterocycles. The SMILES string of the molecule is ClCC1COCCN1CC1CC2CC2C1. The zero-order valence-corrected chi connectivity index (χ0v) is 9.96. The van der Waals surface area contributed by atoms with Crippen molar-refractivity contribution in [2.45, 2.75) is 25.3 Å². The molecule has 3 heteroatoms. The normalized spacial score (nSPS) is 45.4. The lowest BCUT2D eigenvalue weighted by atomic mass is 10.0. The molecule has 2 nitrogen and oxygen atoms in total. The summed E-state index contributed by atoms with van der Waals surface area (Å²) in [5.74, 6) is 3.88. The van der Waals surface area contributed by atoms with Crippen molar-refractivity contribution in [2.24, 2.45) is 17.8 Å². The third-order valence-electron chi connectivity index (χ3n) is 4.36. The summed E-state index contributed by atoms with van der Waals surface area (Å²) in [6.07, 6.45) is 4.49. The Morgan fingerprint density at radius 3 is 2.73 bits per heavy atom. The predicted molar refractivity (Wildman–Crippen MR) is 61.2 cm³/mol. The van der Waals surface area contributed by atoms with Crippen LogP contribution in [-0.4, -0.2) is 43.1 Å². The van der Waals surface area contributed by atoms with Gasteiger partial charge in [0.2, 0.25) is 0 Å². The summed E-state index contributed by atoms with van der Waals surface area (Å²) in [5, 5.41) is 0. The molecule has 0 radical (unpaired) electrons. The molecule has 3 unspecified atom stereocenters. The number of nitrogens with zero attached hydrogens (tertiary/aromatic N) is 1. The number of ether oxygens (including phenoxy) is 1. The summed E-state index contributed by atoms with van der Waals surface area (Å²) >= 11 is 5.98. The molecular weight excluding hydrogens is 210 g/mol. The third kappa shape index (κ3) is 2.17. The quantitative estimate of drug-likeness (QED) is 0.687. The Labute approximate surface area is 96.9 Å². The lowest BCUT2D eigenvalue weighted by Crippen LogP contribution is -2.48. The van der Waals surface area contributed by atoms with E-state index in [0.29, 0.717) is 6.04 Å². The third-order valence-corrected chi connectivity index (χ3v) is 4.72. The second kappa shape index (κ2) is 4.23. The molecule has 0 spiro atoms. The van der Waals surface area contributed by atoms with Crippen molar-refractivity contribution >= 4 is 11.6 Å². The molecule has 0 bridgehead atoms. The number of morpholine rings is 1. The van der Waals surface area contributed by atoms with Crippen molar-refractivity contribution in [3.05, 3.63) is 0 Å². The van der Waals surface area contributed by atoms with Crippen LogP contribution in [0.3, 0.4) is 0 Å². The fraction of sp³-hybridized carbons (Fsp3) is 1.00. The van der Waals surface area contributed by atoms with E-state index in [2.05, 4.69) is 4.90 Å². The van der Waals surface area contributed by atoms with E-state index >= 15 is 0 Å². The van der Waals surface area contributed by atoms with E-state index < -0.39 is 0 Å². The molecule has 1 heterocycles. The Hall–Kier alpha value is 0.210. The van der Waals surface area contributed by atoms with Crippen molar-refractivity contribution in [3.63, 3.8) is 0 Å². The first kappa shape index (κ1) is 10.4. The standard InChI is InChI=1S/C12H20ClNO/c13-6-12-8-15-2-1-14(12)7-9-3-10-5-11(10)4-9/h9-12H,1-8H2. The van der Waals surface area contributed by atoms with Gasteiger partial charge in [0.1, 0.15) is 0 Å². The highest BCUT2D eigenvalue weighted by atomic mass is 35.5. The molecule has 1 aliphatic heterocycles. The molecule has 3 rings (SSSR count). The highest BCUT2D eigenvalue weighted by Crippen LogP contribution is 2.54. The van der Waals surface area contributed by atoms with Crippen LogP contribution in [0.25, 0.3) is 0 Å². The molecule has 0 aromatic carbocycles. The smallest absolute Gasteiger partial charge is 0.0634 e. The first-order valence-corrected chi connectivity index (χ1v) is 6.78. The van der Waals surface area contributed by atoms with Gasteiger partial charge < -0.3 is 4.74 Å². The van der Waals surface area contributed by atoms with Gasteiger partial charge in [0.15, 0.2) is 0 Å². The lowest BCUT2D eigenvalue weighted by Gasteiger charge is -2.36. The van der Waals surface area contributed by atoms with Crippen molar-refractivity contribution in [3.8, 4) is 0 Å². The molecule has 86 valence electrons. The number of rotatable bonds is 3. The highest BCUT2D eigenvalue weighted by molar-refractivity contribution is 6.18. The topological polar surface area (TPSA) is 12.5 Å². The molecule has 3 fully saturated rings. The van der Waals surface area contributed by atoms with Crippen LogP contribution in [0.1, 0.15) is 19.3 Å². The maximum Gasteiger partial charge on any atom is 0.0634 e. The van der Waals surface area contributed by atoms with Crippen LogP contribution in [0, 0.1) is 17.8 Å². The molecule has 0 N–H and O–H groups in total. The summed E-state index contributed by atoms with van der Waals surface area (Å²) in [4.78, 5) is 2.56.